The predicted octanol–water partition coefficient (Wildman–Crippen LogP) is -0.0706. The van der Waals surface area contributed by atoms with Gasteiger partial charge in [0.05, 0.1) is 0 Å². The maximum Gasteiger partial charge on any atom is 0.408 e. The largest absolute Gasteiger partial charge is 0.480 e. The number of ether oxygens (including phenoxy) is 1. The van der Waals surface area contributed by atoms with Gasteiger partial charge in [0.1, 0.15) is 31.1 Å². The van der Waals surface area contributed by atoms with Crippen molar-refractivity contribution >= 4 is 35.7 Å². The Balaban J connectivity index is 1.47. The zero-order chi connectivity index (χ0) is 26.9. The van der Waals surface area contributed by atoms with Gasteiger partial charge in [-0.25, -0.2) is 14.4 Å². The molecule has 5 amide bonds. The normalized spacial score (nSPS) is 15.5. The van der Waals surface area contributed by atoms with Crippen molar-refractivity contribution in [2.45, 2.75) is 25.1 Å². The average molecular weight is 511 g/mol. The molecular formula is C24H26N6O7. The van der Waals surface area contributed by atoms with E-state index in [0.717, 1.165) is 4.90 Å². The molecule has 3 rings (SSSR count). The van der Waals surface area contributed by atoms with Gasteiger partial charge in [0.2, 0.25) is 5.91 Å². The zero-order valence-electron chi connectivity index (χ0n) is 19.6. The van der Waals surface area contributed by atoms with E-state index in [1.807, 2.05) is 0 Å². The summed E-state index contributed by atoms with van der Waals surface area (Å²) >= 11 is 0. The number of carboxylic acid groups (broad SMARTS) is 1. The van der Waals surface area contributed by atoms with Gasteiger partial charge in [0.25, 0.3) is 5.91 Å². The highest BCUT2D eigenvalue weighted by molar-refractivity contribution is 6.06. The Kier molecular flexibility index (Phi) is 8.76. The second-order valence-electron chi connectivity index (χ2n) is 8.14. The van der Waals surface area contributed by atoms with Crippen molar-refractivity contribution in [3.63, 3.8) is 0 Å². The quantitative estimate of drug-likeness (QED) is 0.137. The Hall–Kier alpha value is -4.94. The molecule has 1 heterocycles. The van der Waals surface area contributed by atoms with E-state index < -0.39 is 55.1 Å². The van der Waals surface area contributed by atoms with E-state index in [1.165, 1.54) is 0 Å². The number of urea groups is 1. The first kappa shape index (κ1) is 26.7. The Morgan fingerprint density at radius 3 is 2.38 bits per heavy atom. The average Bonchev–Trinajstić information content (AvgIpc) is 3.13. The van der Waals surface area contributed by atoms with Crippen LogP contribution in [0.5, 0.6) is 0 Å². The lowest BCUT2D eigenvalue weighted by molar-refractivity contribution is -0.139. The smallest absolute Gasteiger partial charge is 0.408 e. The zero-order valence-corrected chi connectivity index (χ0v) is 19.6. The molecule has 0 radical (unpaired) electrons. The van der Waals surface area contributed by atoms with Crippen LogP contribution in [0.15, 0.2) is 54.6 Å². The van der Waals surface area contributed by atoms with Gasteiger partial charge in [-0.2, -0.15) is 0 Å². The number of carboxylic acids is 1. The minimum Gasteiger partial charge on any atom is -0.480 e. The number of nitrogens with one attached hydrogen (secondary N) is 4. The third-order valence-corrected chi connectivity index (χ3v) is 5.42. The third kappa shape index (κ3) is 7.52. The van der Waals surface area contributed by atoms with Crippen LogP contribution in [0, 0.1) is 5.41 Å². The second-order valence-corrected chi connectivity index (χ2v) is 8.14. The number of nitrogens with two attached hydrogens (primary N) is 1. The number of nitrogen functional groups attached to an aromatic ring is 1. The number of benzene rings is 2. The molecule has 13 heteroatoms. The fourth-order valence-corrected chi connectivity index (χ4v) is 3.44. The van der Waals surface area contributed by atoms with E-state index in [1.54, 1.807) is 54.6 Å². The van der Waals surface area contributed by atoms with Crippen molar-refractivity contribution in [1.29, 1.82) is 5.41 Å². The minimum atomic E-state index is -1.50. The van der Waals surface area contributed by atoms with Crippen molar-refractivity contribution < 1.29 is 33.8 Å². The molecule has 0 aromatic heterocycles. The highest BCUT2D eigenvalue weighted by Crippen LogP contribution is 2.13. The molecule has 194 valence electrons. The van der Waals surface area contributed by atoms with E-state index in [9.17, 15) is 29.1 Å². The van der Waals surface area contributed by atoms with Gasteiger partial charge in [-0.15, -0.1) is 0 Å². The van der Waals surface area contributed by atoms with E-state index in [2.05, 4.69) is 16.0 Å². The number of carbonyl (C=O) groups excluding carboxylic acids is 4. The first-order valence-electron chi connectivity index (χ1n) is 11.2. The van der Waals surface area contributed by atoms with Crippen molar-refractivity contribution in [2.24, 2.45) is 5.73 Å². The molecule has 1 saturated heterocycles. The number of rotatable bonds is 11. The maximum atomic E-state index is 12.7. The number of alkyl carbamates (subject to hydrolysis) is 1. The molecular weight excluding hydrogens is 484 g/mol. The topological polar surface area (TPSA) is 204 Å². The van der Waals surface area contributed by atoms with Gasteiger partial charge in [0.15, 0.2) is 0 Å². The summed E-state index contributed by atoms with van der Waals surface area (Å²) in [6.07, 6.45) is -0.824. The first-order chi connectivity index (χ1) is 17.6. The molecule has 0 aliphatic carbocycles. The highest BCUT2D eigenvalue weighted by atomic mass is 16.5. The summed E-state index contributed by atoms with van der Waals surface area (Å²) in [4.78, 5) is 61.4. The molecule has 1 unspecified atom stereocenters. The van der Waals surface area contributed by atoms with Gasteiger partial charge in [-0.3, -0.25) is 19.9 Å². The highest BCUT2D eigenvalue weighted by Gasteiger charge is 2.39. The molecule has 2 aromatic rings. The van der Waals surface area contributed by atoms with Crippen LogP contribution < -0.4 is 21.7 Å². The minimum absolute atomic E-state index is 0.0698. The van der Waals surface area contributed by atoms with E-state index in [-0.39, 0.29) is 18.9 Å². The van der Waals surface area contributed by atoms with Gasteiger partial charge in [-0.1, -0.05) is 54.6 Å². The number of carbonyl (C=O) groups is 5. The van der Waals surface area contributed by atoms with Gasteiger partial charge >= 0.3 is 18.1 Å². The van der Waals surface area contributed by atoms with Gasteiger partial charge < -0.3 is 31.5 Å². The fourth-order valence-electron chi connectivity index (χ4n) is 3.44. The van der Waals surface area contributed by atoms with Gasteiger partial charge in [-0.05, 0) is 11.1 Å². The summed E-state index contributed by atoms with van der Waals surface area (Å²) in [6.45, 7) is -1.20. The Morgan fingerprint density at radius 1 is 1.08 bits per heavy atom. The monoisotopic (exact) mass is 510 g/mol. The van der Waals surface area contributed by atoms with Crippen LogP contribution in [0.3, 0.4) is 0 Å². The lowest BCUT2D eigenvalue weighted by Gasteiger charge is -2.17. The Bertz CT molecular complexity index is 1190. The number of amides is 5. The summed E-state index contributed by atoms with van der Waals surface area (Å²) in [6, 6.07) is 12.2. The van der Waals surface area contributed by atoms with Crippen LogP contribution in [0.1, 0.15) is 16.7 Å². The molecule has 1 aliphatic heterocycles. The van der Waals surface area contributed by atoms with Gasteiger partial charge in [0, 0.05) is 18.5 Å². The summed E-state index contributed by atoms with van der Waals surface area (Å²) in [7, 11) is 0. The van der Waals surface area contributed by atoms with Crippen LogP contribution in [0.4, 0.5) is 9.59 Å². The lowest BCUT2D eigenvalue weighted by atomic mass is 10.0. The van der Waals surface area contributed by atoms with E-state index >= 15 is 0 Å². The molecule has 7 N–H and O–H groups in total. The molecule has 0 bridgehead atoms. The van der Waals surface area contributed by atoms with Crippen molar-refractivity contribution in [1.82, 2.24) is 20.9 Å². The number of nitrogens with zero attached hydrogens (tertiary/aromatic N) is 1. The molecule has 13 nitrogen and oxygen atoms in total. The third-order valence-electron chi connectivity index (χ3n) is 5.42. The van der Waals surface area contributed by atoms with Crippen LogP contribution >= 0.6 is 0 Å². The molecule has 0 saturated carbocycles. The SMILES string of the molecule is N=C(N)c1ccc(C[C@@H]2NC(=O)N(CC(=O)NCC(NC(=O)OCc3ccccc3)C(=O)O)C2=O)cc1. The molecule has 1 fully saturated rings. The summed E-state index contributed by atoms with van der Waals surface area (Å²) in [5.74, 6) is -2.92. The fraction of sp³-hybridized carbons (Fsp3) is 0.250. The lowest BCUT2D eigenvalue weighted by Crippen LogP contribution is -2.50. The van der Waals surface area contributed by atoms with Crippen molar-refractivity contribution in [2.75, 3.05) is 13.1 Å². The standard InChI is InChI=1S/C24H26N6O7/c25-20(26)16-8-6-14(7-9-16)10-17-21(32)30(23(35)28-17)12-19(31)27-11-18(22(33)34)29-24(36)37-13-15-4-2-1-3-5-15/h1-9,17-18H,10-13H2,(H3,25,26)(H,27,31)(H,28,35)(H,29,36)(H,33,34)/t17-,18?/m0/s1. The molecule has 37 heavy (non-hydrogen) atoms. The van der Waals surface area contributed by atoms with E-state index in [0.29, 0.717) is 16.7 Å². The van der Waals surface area contributed by atoms with Crippen LogP contribution in [-0.4, -0.2) is 70.9 Å². The first-order valence-corrected chi connectivity index (χ1v) is 11.2. The predicted molar refractivity (Wildman–Crippen MR) is 129 cm³/mol. The van der Waals surface area contributed by atoms with Crippen molar-refractivity contribution in [3.8, 4) is 0 Å². The Morgan fingerprint density at radius 2 is 1.76 bits per heavy atom. The van der Waals surface area contributed by atoms with Crippen molar-refractivity contribution in [3.05, 3.63) is 71.3 Å². The molecule has 2 atom stereocenters. The number of hydrogen-bond acceptors (Lipinski definition) is 7. The van der Waals surface area contributed by atoms with E-state index in [4.69, 9.17) is 15.9 Å². The van der Waals surface area contributed by atoms with Crippen LogP contribution in [0.25, 0.3) is 0 Å². The number of hydrogen-bond donors (Lipinski definition) is 6. The summed E-state index contributed by atoms with van der Waals surface area (Å²) in [5, 5.41) is 23.7. The number of aliphatic carboxylic acids is 1. The summed E-state index contributed by atoms with van der Waals surface area (Å²) < 4.78 is 4.98. The molecule has 1 aliphatic rings. The Labute approximate surface area is 211 Å². The summed E-state index contributed by atoms with van der Waals surface area (Å²) in [5.41, 5.74) is 7.35. The van der Waals surface area contributed by atoms with Crippen LogP contribution in [-0.2, 0) is 32.1 Å². The molecule has 0 spiro atoms. The number of amidine groups is 1. The number of imide groups is 1. The molecule has 2 aromatic carbocycles. The van der Waals surface area contributed by atoms with Crippen LogP contribution in [0.2, 0.25) is 0 Å². The second kappa shape index (κ2) is 12.2. The maximum absolute atomic E-state index is 12.7.